The standard InChI is InChI=1S/C25H36N4O3.HI/c1-25(2,3)32-24(30)29-21-13-11-20(12-14-21)28-23(26-16-15-22-10-7-17-31-22)27-18-19-8-5-4-6-9-19;/h4-10,17,20-21H,11-16,18H2,1-3H3,(H,29,30)(H2,26,27,28);1H. The SMILES string of the molecule is CC(C)(C)OC(=O)NC1CCC(NC(=NCc2ccccc2)NCCc2ccco2)CC1.I. The van der Waals surface area contributed by atoms with Gasteiger partial charge in [-0.2, -0.15) is 0 Å². The van der Waals surface area contributed by atoms with E-state index in [9.17, 15) is 4.79 Å². The smallest absolute Gasteiger partial charge is 0.407 e. The quantitative estimate of drug-likeness (QED) is 0.248. The molecular weight excluding hydrogens is 531 g/mol. The first-order chi connectivity index (χ1) is 15.4. The average Bonchev–Trinajstić information content (AvgIpc) is 3.26. The van der Waals surface area contributed by atoms with E-state index in [1.165, 1.54) is 5.56 Å². The topological polar surface area (TPSA) is 87.9 Å². The minimum Gasteiger partial charge on any atom is -0.469 e. The maximum Gasteiger partial charge on any atom is 0.407 e. The average molecular weight is 569 g/mol. The fourth-order valence-electron chi connectivity index (χ4n) is 3.71. The van der Waals surface area contributed by atoms with Crippen molar-refractivity contribution in [3.05, 3.63) is 60.1 Å². The van der Waals surface area contributed by atoms with Gasteiger partial charge in [0, 0.05) is 25.0 Å². The van der Waals surface area contributed by atoms with Crippen LogP contribution in [0.5, 0.6) is 0 Å². The Morgan fingerprint density at radius 3 is 2.30 bits per heavy atom. The maximum atomic E-state index is 12.0. The molecule has 1 aromatic heterocycles. The van der Waals surface area contributed by atoms with E-state index in [1.54, 1.807) is 6.26 Å². The molecular formula is C25H37IN4O3. The first-order valence-corrected chi connectivity index (χ1v) is 11.5. The third-order valence-electron chi connectivity index (χ3n) is 5.30. The summed E-state index contributed by atoms with van der Waals surface area (Å²) >= 11 is 0. The van der Waals surface area contributed by atoms with Crippen LogP contribution in [0.4, 0.5) is 4.79 Å². The molecule has 1 heterocycles. The summed E-state index contributed by atoms with van der Waals surface area (Å²) in [6.45, 7) is 6.99. The van der Waals surface area contributed by atoms with Gasteiger partial charge in [0.05, 0.1) is 12.8 Å². The van der Waals surface area contributed by atoms with Gasteiger partial charge >= 0.3 is 6.09 Å². The van der Waals surface area contributed by atoms with Crippen molar-refractivity contribution in [3.8, 4) is 0 Å². The first-order valence-electron chi connectivity index (χ1n) is 11.5. The fourth-order valence-corrected chi connectivity index (χ4v) is 3.71. The van der Waals surface area contributed by atoms with Crippen molar-refractivity contribution >= 4 is 36.0 Å². The number of amides is 1. The Labute approximate surface area is 214 Å². The van der Waals surface area contributed by atoms with Gasteiger partial charge in [-0.15, -0.1) is 24.0 Å². The molecule has 0 radical (unpaired) electrons. The van der Waals surface area contributed by atoms with Crippen molar-refractivity contribution in [3.63, 3.8) is 0 Å². The van der Waals surface area contributed by atoms with Gasteiger partial charge in [-0.05, 0) is 64.2 Å². The summed E-state index contributed by atoms with van der Waals surface area (Å²) in [6.07, 6.45) is 5.91. The lowest BCUT2D eigenvalue weighted by Crippen LogP contribution is -2.48. The van der Waals surface area contributed by atoms with Gasteiger partial charge in [0.2, 0.25) is 0 Å². The molecule has 0 atom stereocenters. The zero-order valence-corrected chi connectivity index (χ0v) is 22.1. The lowest BCUT2D eigenvalue weighted by Gasteiger charge is -2.31. The van der Waals surface area contributed by atoms with Gasteiger partial charge in [0.1, 0.15) is 11.4 Å². The van der Waals surface area contributed by atoms with Crippen molar-refractivity contribution in [2.75, 3.05) is 6.54 Å². The minimum absolute atomic E-state index is 0. The molecule has 0 saturated heterocycles. The van der Waals surface area contributed by atoms with Crippen LogP contribution in [0.15, 0.2) is 58.1 Å². The number of furan rings is 1. The second kappa shape index (κ2) is 13.5. The van der Waals surface area contributed by atoms with Crippen molar-refractivity contribution in [2.24, 2.45) is 4.99 Å². The van der Waals surface area contributed by atoms with Crippen LogP contribution in [-0.4, -0.2) is 36.3 Å². The molecule has 1 amide bonds. The number of nitrogens with zero attached hydrogens (tertiary/aromatic N) is 1. The Hall–Kier alpha value is -2.23. The molecule has 0 unspecified atom stereocenters. The van der Waals surface area contributed by atoms with E-state index in [2.05, 4.69) is 28.1 Å². The van der Waals surface area contributed by atoms with Crippen molar-refractivity contribution in [2.45, 2.75) is 77.1 Å². The van der Waals surface area contributed by atoms with Gasteiger partial charge < -0.3 is 25.1 Å². The second-order valence-corrected chi connectivity index (χ2v) is 9.25. The highest BCUT2D eigenvalue weighted by Gasteiger charge is 2.25. The molecule has 1 aromatic carbocycles. The van der Waals surface area contributed by atoms with Gasteiger partial charge in [-0.1, -0.05) is 30.3 Å². The maximum absolute atomic E-state index is 12.0. The zero-order valence-electron chi connectivity index (χ0n) is 19.8. The highest BCUT2D eigenvalue weighted by molar-refractivity contribution is 14.0. The van der Waals surface area contributed by atoms with Crippen LogP contribution in [0.1, 0.15) is 57.8 Å². The van der Waals surface area contributed by atoms with E-state index >= 15 is 0 Å². The number of halogens is 1. The predicted octanol–water partition coefficient (Wildman–Crippen LogP) is 5.01. The number of hydrogen-bond donors (Lipinski definition) is 3. The fraction of sp³-hybridized carbons (Fsp3) is 0.520. The number of benzene rings is 1. The van der Waals surface area contributed by atoms with Crippen LogP contribution in [0.2, 0.25) is 0 Å². The molecule has 7 nitrogen and oxygen atoms in total. The highest BCUT2D eigenvalue weighted by atomic mass is 127. The Bertz CT molecular complexity index is 842. The van der Waals surface area contributed by atoms with Crippen LogP contribution in [0, 0.1) is 0 Å². The number of alkyl carbamates (subject to hydrolysis) is 1. The molecule has 1 saturated carbocycles. The van der Waals surface area contributed by atoms with E-state index in [4.69, 9.17) is 14.1 Å². The Morgan fingerprint density at radius 2 is 1.70 bits per heavy atom. The molecule has 2 aromatic rings. The third-order valence-corrected chi connectivity index (χ3v) is 5.30. The van der Waals surface area contributed by atoms with Crippen LogP contribution in [-0.2, 0) is 17.7 Å². The highest BCUT2D eigenvalue weighted by Crippen LogP contribution is 2.19. The number of carbonyl (C=O) groups excluding carboxylic acids is 1. The van der Waals surface area contributed by atoms with Gasteiger partial charge in [0.25, 0.3) is 0 Å². The molecule has 1 aliphatic rings. The molecule has 3 rings (SSSR count). The second-order valence-electron chi connectivity index (χ2n) is 9.25. The van der Waals surface area contributed by atoms with Crippen molar-refractivity contribution in [1.82, 2.24) is 16.0 Å². The van der Waals surface area contributed by atoms with Gasteiger partial charge in [-0.3, -0.25) is 0 Å². The Balaban J connectivity index is 0.00000385. The van der Waals surface area contributed by atoms with E-state index in [0.29, 0.717) is 12.6 Å². The summed E-state index contributed by atoms with van der Waals surface area (Å²) in [6, 6.07) is 14.6. The summed E-state index contributed by atoms with van der Waals surface area (Å²) in [5.41, 5.74) is 0.693. The van der Waals surface area contributed by atoms with E-state index in [1.807, 2.05) is 51.1 Å². The largest absolute Gasteiger partial charge is 0.469 e. The Morgan fingerprint density at radius 1 is 1.03 bits per heavy atom. The minimum atomic E-state index is -0.478. The summed E-state index contributed by atoms with van der Waals surface area (Å²) < 4.78 is 10.8. The van der Waals surface area contributed by atoms with E-state index < -0.39 is 5.60 Å². The lowest BCUT2D eigenvalue weighted by atomic mass is 9.91. The zero-order chi connectivity index (χ0) is 22.8. The lowest BCUT2D eigenvalue weighted by molar-refractivity contribution is 0.0490. The molecule has 0 aliphatic heterocycles. The molecule has 8 heteroatoms. The number of guanidine groups is 1. The van der Waals surface area contributed by atoms with Crippen LogP contribution in [0.3, 0.4) is 0 Å². The van der Waals surface area contributed by atoms with Crippen LogP contribution in [0.25, 0.3) is 0 Å². The van der Waals surface area contributed by atoms with Gasteiger partial charge in [0.15, 0.2) is 5.96 Å². The molecule has 3 N–H and O–H groups in total. The van der Waals surface area contributed by atoms with Crippen LogP contribution >= 0.6 is 24.0 Å². The molecule has 182 valence electrons. The van der Waals surface area contributed by atoms with E-state index in [0.717, 1.165) is 50.4 Å². The number of hydrogen-bond acceptors (Lipinski definition) is 4. The molecule has 0 bridgehead atoms. The summed E-state index contributed by atoms with van der Waals surface area (Å²) in [5, 5.41) is 10.0. The number of nitrogens with one attached hydrogen (secondary N) is 3. The van der Waals surface area contributed by atoms with Crippen molar-refractivity contribution < 1.29 is 13.9 Å². The number of carbonyl (C=O) groups is 1. The molecule has 33 heavy (non-hydrogen) atoms. The van der Waals surface area contributed by atoms with Crippen molar-refractivity contribution in [1.29, 1.82) is 0 Å². The summed E-state index contributed by atoms with van der Waals surface area (Å²) in [7, 11) is 0. The van der Waals surface area contributed by atoms with Gasteiger partial charge in [-0.25, -0.2) is 9.79 Å². The molecule has 1 aliphatic carbocycles. The van der Waals surface area contributed by atoms with Crippen LogP contribution < -0.4 is 16.0 Å². The monoisotopic (exact) mass is 568 g/mol. The summed E-state index contributed by atoms with van der Waals surface area (Å²) in [5.74, 6) is 1.76. The number of rotatable bonds is 7. The molecule has 1 fully saturated rings. The summed E-state index contributed by atoms with van der Waals surface area (Å²) in [4.78, 5) is 16.8. The first kappa shape index (κ1) is 27.0. The van der Waals surface area contributed by atoms with E-state index in [-0.39, 0.29) is 36.1 Å². The number of ether oxygens (including phenoxy) is 1. The Kier molecular flexibility index (Phi) is 11.0. The number of aliphatic imine (C=N–C) groups is 1. The molecule has 0 spiro atoms. The predicted molar refractivity (Wildman–Crippen MR) is 142 cm³/mol. The third kappa shape index (κ3) is 10.5. The normalized spacial score (nSPS) is 18.7.